The van der Waals surface area contributed by atoms with Gasteiger partial charge in [0.1, 0.15) is 0 Å². The van der Waals surface area contributed by atoms with E-state index < -0.39 is 0 Å². The van der Waals surface area contributed by atoms with Crippen LogP contribution in [-0.4, -0.2) is 0 Å². The number of hydrogen-bond donors (Lipinski definition) is 0. The molecule has 0 bridgehead atoms. The molecule has 0 aliphatic heterocycles. The van der Waals surface area contributed by atoms with Gasteiger partial charge in [0.15, 0.2) is 0 Å². The highest BCUT2D eigenvalue weighted by atomic mass is 14.4. The molecule has 0 saturated carbocycles. The molecule has 0 N–H and O–H groups in total. The third-order valence-corrected chi connectivity index (χ3v) is 4.33. The summed E-state index contributed by atoms with van der Waals surface area (Å²) >= 11 is 0. The lowest BCUT2D eigenvalue weighted by Gasteiger charge is -2.36. The fraction of sp³-hybridized carbons (Fsp3) is 0.929. The van der Waals surface area contributed by atoms with Crippen LogP contribution in [0.4, 0.5) is 0 Å². The second kappa shape index (κ2) is 5.54. The van der Waals surface area contributed by atoms with Crippen molar-refractivity contribution in [2.24, 2.45) is 16.7 Å². The molecule has 0 aromatic heterocycles. The van der Waals surface area contributed by atoms with Crippen LogP contribution in [0.3, 0.4) is 0 Å². The van der Waals surface area contributed by atoms with Crippen LogP contribution in [0.25, 0.3) is 0 Å². The lowest BCUT2D eigenvalue weighted by atomic mass is 9.67. The van der Waals surface area contributed by atoms with Gasteiger partial charge in [0.05, 0.1) is 12.0 Å². The Morgan fingerprint density at radius 3 is 1.73 bits per heavy atom. The molecule has 0 aromatic carbocycles. The molecule has 0 aliphatic rings. The van der Waals surface area contributed by atoms with E-state index in [0.29, 0.717) is 5.41 Å². The molecule has 0 saturated heterocycles. The van der Waals surface area contributed by atoms with Crippen LogP contribution in [0.2, 0.25) is 0 Å². The van der Waals surface area contributed by atoms with Crippen LogP contribution >= 0.6 is 0 Å². The molecule has 88 valence electrons. The maximum absolute atomic E-state index is 9.33. The summed E-state index contributed by atoms with van der Waals surface area (Å²) in [5.41, 5.74) is 0.493. The van der Waals surface area contributed by atoms with E-state index in [1.807, 2.05) is 0 Å². The van der Waals surface area contributed by atoms with E-state index in [2.05, 4.69) is 47.6 Å². The quantitative estimate of drug-likeness (QED) is 0.617. The minimum Gasteiger partial charge on any atom is -0.198 e. The van der Waals surface area contributed by atoms with Crippen molar-refractivity contribution in [1.29, 1.82) is 5.26 Å². The standard InChI is InChI=1S/C14H27N/c1-7-13(4,5)10-12(11-15)14(6,8-2)9-3/h12H,7-10H2,1-6H3. The molecule has 0 spiro atoms. The van der Waals surface area contributed by atoms with E-state index in [0.717, 1.165) is 25.7 Å². The molecule has 0 rings (SSSR count). The maximum Gasteiger partial charge on any atom is 0.0661 e. The van der Waals surface area contributed by atoms with Gasteiger partial charge in [0, 0.05) is 0 Å². The Hall–Kier alpha value is -0.510. The number of nitrogens with zero attached hydrogens (tertiary/aromatic N) is 1. The average molecular weight is 209 g/mol. The Bertz CT molecular complexity index is 218. The van der Waals surface area contributed by atoms with Crippen molar-refractivity contribution in [2.75, 3.05) is 0 Å². The zero-order valence-electron chi connectivity index (χ0n) is 11.4. The fourth-order valence-electron chi connectivity index (χ4n) is 1.89. The second-order valence-corrected chi connectivity index (χ2v) is 5.76. The van der Waals surface area contributed by atoms with E-state index in [4.69, 9.17) is 0 Å². The third kappa shape index (κ3) is 3.86. The summed E-state index contributed by atoms with van der Waals surface area (Å²) in [6.45, 7) is 13.4. The molecule has 1 atom stereocenters. The second-order valence-electron chi connectivity index (χ2n) is 5.76. The van der Waals surface area contributed by atoms with Crippen LogP contribution in [0.15, 0.2) is 0 Å². The zero-order valence-corrected chi connectivity index (χ0v) is 11.4. The fourth-order valence-corrected chi connectivity index (χ4v) is 1.89. The molecular formula is C14H27N. The SMILES string of the molecule is CCC(C)(C)CC(C#N)C(C)(CC)CC. The lowest BCUT2D eigenvalue weighted by Crippen LogP contribution is -2.29. The first-order chi connectivity index (χ1) is 6.85. The summed E-state index contributed by atoms with van der Waals surface area (Å²) in [5.74, 6) is 0.197. The van der Waals surface area contributed by atoms with Crippen molar-refractivity contribution in [3.05, 3.63) is 0 Å². The Kier molecular flexibility index (Phi) is 5.35. The maximum atomic E-state index is 9.33. The van der Waals surface area contributed by atoms with Gasteiger partial charge in [0.25, 0.3) is 0 Å². The average Bonchev–Trinajstić information content (AvgIpc) is 2.24. The van der Waals surface area contributed by atoms with Crippen LogP contribution in [0.1, 0.15) is 67.2 Å². The zero-order chi connectivity index (χ0) is 12.1. The monoisotopic (exact) mass is 209 g/mol. The number of nitriles is 1. The van der Waals surface area contributed by atoms with Crippen LogP contribution in [0.5, 0.6) is 0 Å². The van der Waals surface area contributed by atoms with E-state index in [-0.39, 0.29) is 11.3 Å². The van der Waals surface area contributed by atoms with Crippen molar-refractivity contribution in [3.63, 3.8) is 0 Å². The lowest BCUT2D eigenvalue weighted by molar-refractivity contribution is 0.149. The smallest absolute Gasteiger partial charge is 0.0661 e. The van der Waals surface area contributed by atoms with Gasteiger partial charge in [-0.2, -0.15) is 5.26 Å². The molecule has 0 fully saturated rings. The summed E-state index contributed by atoms with van der Waals surface area (Å²) in [7, 11) is 0. The summed E-state index contributed by atoms with van der Waals surface area (Å²) in [5, 5.41) is 9.33. The first-order valence-electron chi connectivity index (χ1n) is 6.24. The summed E-state index contributed by atoms with van der Waals surface area (Å²) in [4.78, 5) is 0. The predicted molar refractivity (Wildman–Crippen MR) is 66.5 cm³/mol. The van der Waals surface area contributed by atoms with Crippen molar-refractivity contribution in [1.82, 2.24) is 0 Å². The van der Waals surface area contributed by atoms with Gasteiger partial charge in [0.2, 0.25) is 0 Å². The van der Waals surface area contributed by atoms with E-state index in [9.17, 15) is 5.26 Å². The van der Waals surface area contributed by atoms with Gasteiger partial charge < -0.3 is 0 Å². The Morgan fingerprint density at radius 1 is 1.00 bits per heavy atom. The van der Waals surface area contributed by atoms with Crippen molar-refractivity contribution >= 4 is 0 Å². The van der Waals surface area contributed by atoms with E-state index >= 15 is 0 Å². The number of rotatable bonds is 6. The predicted octanol–water partition coefficient (Wildman–Crippen LogP) is 4.78. The topological polar surface area (TPSA) is 23.8 Å². The van der Waals surface area contributed by atoms with Gasteiger partial charge in [-0.1, -0.05) is 48.0 Å². The molecule has 0 radical (unpaired) electrons. The summed E-state index contributed by atoms with van der Waals surface area (Å²) in [6.07, 6.45) is 4.37. The van der Waals surface area contributed by atoms with Gasteiger partial charge >= 0.3 is 0 Å². The Morgan fingerprint density at radius 2 is 1.47 bits per heavy atom. The van der Waals surface area contributed by atoms with Gasteiger partial charge in [-0.05, 0) is 30.1 Å². The summed E-state index contributed by atoms with van der Waals surface area (Å²) < 4.78 is 0. The van der Waals surface area contributed by atoms with Crippen LogP contribution in [-0.2, 0) is 0 Å². The molecule has 1 heteroatoms. The molecule has 0 aromatic rings. The molecule has 15 heavy (non-hydrogen) atoms. The van der Waals surface area contributed by atoms with Gasteiger partial charge in [-0.15, -0.1) is 0 Å². The largest absolute Gasteiger partial charge is 0.198 e. The van der Waals surface area contributed by atoms with Gasteiger partial charge in [-0.25, -0.2) is 0 Å². The summed E-state index contributed by atoms with van der Waals surface area (Å²) in [6, 6.07) is 2.53. The van der Waals surface area contributed by atoms with Crippen molar-refractivity contribution in [2.45, 2.75) is 67.2 Å². The van der Waals surface area contributed by atoms with E-state index in [1.165, 1.54) is 0 Å². The van der Waals surface area contributed by atoms with Crippen molar-refractivity contribution < 1.29 is 0 Å². The highest BCUT2D eigenvalue weighted by Gasteiger charge is 2.34. The third-order valence-electron chi connectivity index (χ3n) is 4.33. The first-order valence-corrected chi connectivity index (χ1v) is 6.24. The Labute approximate surface area is 95.9 Å². The highest BCUT2D eigenvalue weighted by molar-refractivity contribution is 4.96. The molecule has 0 amide bonds. The minimum absolute atomic E-state index is 0.196. The minimum atomic E-state index is 0.196. The molecule has 0 aliphatic carbocycles. The Balaban J connectivity index is 4.72. The van der Waals surface area contributed by atoms with Crippen molar-refractivity contribution in [3.8, 4) is 6.07 Å². The molecule has 0 heterocycles. The highest BCUT2D eigenvalue weighted by Crippen LogP contribution is 2.41. The molecule has 1 nitrogen and oxygen atoms in total. The molecule has 1 unspecified atom stereocenters. The molecular weight excluding hydrogens is 182 g/mol. The normalized spacial score (nSPS) is 14.7. The van der Waals surface area contributed by atoms with E-state index in [1.54, 1.807) is 0 Å². The van der Waals surface area contributed by atoms with Gasteiger partial charge in [-0.3, -0.25) is 0 Å². The first kappa shape index (κ1) is 14.5. The van der Waals surface area contributed by atoms with Crippen LogP contribution in [0, 0.1) is 28.1 Å². The van der Waals surface area contributed by atoms with Crippen LogP contribution < -0.4 is 0 Å². The number of hydrogen-bond acceptors (Lipinski definition) is 1.